The molecule has 0 saturated carbocycles. The Morgan fingerprint density at radius 2 is 1.69 bits per heavy atom. The van der Waals surface area contributed by atoms with E-state index in [1.165, 1.54) is 5.56 Å². The second-order valence-corrected chi connectivity index (χ2v) is 6.77. The van der Waals surface area contributed by atoms with Gasteiger partial charge in [-0.1, -0.05) is 35.9 Å². The summed E-state index contributed by atoms with van der Waals surface area (Å²) in [6, 6.07) is 16.1. The summed E-state index contributed by atoms with van der Waals surface area (Å²) in [5, 5.41) is 6.59. The number of likely N-dealkylation sites (N-methyl/N-ethyl adjacent to an activating group) is 1. The Balaban J connectivity index is 0.00000420. The molecule has 0 amide bonds. The SMILES string of the molecule is CN=C(NCCOc1ccc(C)cc1)NCc1ccccc1OCCN(C)C.I. The predicted octanol–water partition coefficient (Wildman–Crippen LogP) is 3.30. The highest BCUT2D eigenvalue weighted by Crippen LogP contribution is 2.17. The first-order chi connectivity index (χ1) is 13.6. The zero-order valence-corrected chi connectivity index (χ0v) is 20.1. The van der Waals surface area contributed by atoms with E-state index in [4.69, 9.17) is 9.47 Å². The summed E-state index contributed by atoms with van der Waals surface area (Å²) >= 11 is 0. The number of para-hydroxylation sites is 1. The van der Waals surface area contributed by atoms with Crippen molar-refractivity contribution in [2.45, 2.75) is 13.5 Å². The van der Waals surface area contributed by atoms with Gasteiger partial charge in [-0.3, -0.25) is 4.99 Å². The average molecular weight is 512 g/mol. The van der Waals surface area contributed by atoms with Crippen molar-refractivity contribution in [2.75, 3.05) is 47.4 Å². The Hall–Kier alpha value is -2.00. The average Bonchev–Trinajstić information content (AvgIpc) is 2.69. The summed E-state index contributed by atoms with van der Waals surface area (Å²) in [4.78, 5) is 6.37. The maximum atomic E-state index is 5.91. The lowest BCUT2D eigenvalue weighted by molar-refractivity contribution is 0.259. The number of halogens is 1. The fourth-order valence-electron chi connectivity index (χ4n) is 2.50. The summed E-state index contributed by atoms with van der Waals surface area (Å²) < 4.78 is 11.6. The molecule has 160 valence electrons. The minimum absolute atomic E-state index is 0. The molecule has 2 aromatic carbocycles. The van der Waals surface area contributed by atoms with Gasteiger partial charge in [-0.2, -0.15) is 0 Å². The van der Waals surface area contributed by atoms with Crippen LogP contribution in [0, 0.1) is 6.92 Å². The highest BCUT2D eigenvalue weighted by Gasteiger charge is 2.05. The van der Waals surface area contributed by atoms with Crippen LogP contribution in [0.5, 0.6) is 11.5 Å². The second kappa shape index (κ2) is 14.1. The van der Waals surface area contributed by atoms with E-state index < -0.39 is 0 Å². The van der Waals surface area contributed by atoms with Gasteiger partial charge in [0.25, 0.3) is 0 Å². The summed E-state index contributed by atoms with van der Waals surface area (Å²) in [6.45, 7) is 5.46. The molecule has 0 aliphatic heterocycles. The molecule has 2 aromatic rings. The lowest BCUT2D eigenvalue weighted by atomic mass is 10.2. The third-order valence-corrected chi connectivity index (χ3v) is 4.12. The molecule has 0 fully saturated rings. The number of aliphatic imine (C=N–C) groups is 1. The number of ether oxygens (including phenoxy) is 2. The van der Waals surface area contributed by atoms with Crippen LogP contribution >= 0.6 is 24.0 Å². The van der Waals surface area contributed by atoms with Crippen LogP contribution in [0.4, 0.5) is 0 Å². The van der Waals surface area contributed by atoms with Crippen molar-refractivity contribution in [1.29, 1.82) is 0 Å². The lowest BCUT2D eigenvalue weighted by Gasteiger charge is -2.16. The highest BCUT2D eigenvalue weighted by molar-refractivity contribution is 14.0. The van der Waals surface area contributed by atoms with Crippen molar-refractivity contribution in [3.05, 3.63) is 59.7 Å². The van der Waals surface area contributed by atoms with Crippen LogP contribution in [0.25, 0.3) is 0 Å². The van der Waals surface area contributed by atoms with Crippen LogP contribution in [0.15, 0.2) is 53.5 Å². The standard InChI is InChI=1S/C22H32N4O2.HI/c1-18-9-11-20(12-10-18)27-15-13-24-22(23-2)25-17-19-7-5-6-8-21(19)28-16-14-26(3)4;/h5-12H,13-17H2,1-4H3,(H2,23,24,25);1H. The van der Waals surface area contributed by atoms with Gasteiger partial charge in [-0.15, -0.1) is 24.0 Å². The number of benzene rings is 2. The maximum Gasteiger partial charge on any atom is 0.191 e. The van der Waals surface area contributed by atoms with Gasteiger partial charge in [0.05, 0.1) is 6.54 Å². The normalized spacial score (nSPS) is 11.0. The van der Waals surface area contributed by atoms with Crippen molar-refractivity contribution >= 4 is 29.9 Å². The van der Waals surface area contributed by atoms with Crippen LogP contribution in [-0.4, -0.2) is 58.3 Å². The van der Waals surface area contributed by atoms with Crippen molar-refractivity contribution in [3.63, 3.8) is 0 Å². The van der Waals surface area contributed by atoms with E-state index in [2.05, 4.69) is 33.5 Å². The fourth-order valence-corrected chi connectivity index (χ4v) is 2.50. The summed E-state index contributed by atoms with van der Waals surface area (Å²) in [5.41, 5.74) is 2.32. The predicted molar refractivity (Wildman–Crippen MR) is 131 cm³/mol. The minimum Gasteiger partial charge on any atom is -0.492 e. The van der Waals surface area contributed by atoms with E-state index in [-0.39, 0.29) is 24.0 Å². The fraction of sp³-hybridized carbons (Fsp3) is 0.409. The highest BCUT2D eigenvalue weighted by atomic mass is 127. The summed E-state index contributed by atoms with van der Waals surface area (Å²) in [5.74, 6) is 2.50. The Labute approximate surface area is 191 Å². The number of rotatable bonds is 10. The third kappa shape index (κ3) is 9.85. The molecule has 0 radical (unpaired) electrons. The molecule has 0 heterocycles. The van der Waals surface area contributed by atoms with Gasteiger partial charge in [0, 0.05) is 25.7 Å². The number of guanidine groups is 1. The molecule has 2 rings (SSSR count). The largest absolute Gasteiger partial charge is 0.492 e. The number of aryl methyl sites for hydroxylation is 1. The van der Waals surface area contributed by atoms with Crippen molar-refractivity contribution in [2.24, 2.45) is 4.99 Å². The maximum absolute atomic E-state index is 5.91. The van der Waals surface area contributed by atoms with E-state index in [0.29, 0.717) is 26.3 Å². The van der Waals surface area contributed by atoms with E-state index in [9.17, 15) is 0 Å². The van der Waals surface area contributed by atoms with E-state index in [1.807, 2.05) is 56.6 Å². The smallest absolute Gasteiger partial charge is 0.191 e. The summed E-state index contributed by atoms with van der Waals surface area (Å²) in [7, 11) is 5.83. The molecule has 0 unspecified atom stereocenters. The molecular formula is C22H33IN4O2. The lowest BCUT2D eigenvalue weighted by Crippen LogP contribution is -2.39. The van der Waals surface area contributed by atoms with E-state index in [1.54, 1.807) is 7.05 Å². The molecule has 0 aliphatic carbocycles. The molecule has 2 N–H and O–H groups in total. The molecule has 0 saturated heterocycles. The molecule has 0 spiro atoms. The molecule has 0 bridgehead atoms. The van der Waals surface area contributed by atoms with Crippen LogP contribution in [0.1, 0.15) is 11.1 Å². The number of nitrogens with one attached hydrogen (secondary N) is 2. The molecule has 6 nitrogen and oxygen atoms in total. The zero-order valence-electron chi connectivity index (χ0n) is 17.8. The van der Waals surface area contributed by atoms with Gasteiger partial charge in [0.2, 0.25) is 0 Å². The molecule has 7 heteroatoms. The monoisotopic (exact) mass is 512 g/mol. The first kappa shape index (κ1) is 25.0. The van der Waals surface area contributed by atoms with E-state index in [0.717, 1.165) is 29.6 Å². The van der Waals surface area contributed by atoms with Crippen molar-refractivity contribution in [1.82, 2.24) is 15.5 Å². The van der Waals surface area contributed by atoms with Crippen LogP contribution < -0.4 is 20.1 Å². The number of nitrogens with zero attached hydrogens (tertiary/aromatic N) is 2. The molecule has 0 aliphatic rings. The quantitative estimate of drug-likeness (QED) is 0.222. The Morgan fingerprint density at radius 1 is 0.966 bits per heavy atom. The second-order valence-electron chi connectivity index (χ2n) is 6.77. The zero-order chi connectivity index (χ0) is 20.2. The van der Waals surface area contributed by atoms with Gasteiger partial charge < -0.3 is 25.0 Å². The van der Waals surface area contributed by atoms with Gasteiger partial charge in [0.1, 0.15) is 24.7 Å². The Kier molecular flexibility index (Phi) is 12.1. The first-order valence-electron chi connectivity index (χ1n) is 9.58. The Bertz CT molecular complexity index is 736. The number of hydrogen-bond donors (Lipinski definition) is 2. The molecule has 29 heavy (non-hydrogen) atoms. The van der Waals surface area contributed by atoms with Crippen molar-refractivity contribution in [3.8, 4) is 11.5 Å². The molecular weight excluding hydrogens is 479 g/mol. The minimum atomic E-state index is 0. The molecule has 0 atom stereocenters. The van der Waals surface area contributed by atoms with Crippen LogP contribution in [0.2, 0.25) is 0 Å². The van der Waals surface area contributed by atoms with Gasteiger partial charge >= 0.3 is 0 Å². The summed E-state index contributed by atoms with van der Waals surface area (Å²) in [6.07, 6.45) is 0. The van der Waals surface area contributed by atoms with Gasteiger partial charge in [0.15, 0.2) is 5.96 Å². The van der Waals surface area contributed by atoms with E-state index >= 15 is 0 Å². The van der Waals surface area contributed by atoms with Crippen LogP contribution in [0.3, 0.4) is 0 Å². The van der Waals surface area contributed by atoms with Gasteiger partial charge in [-0.05, 0) is 39.2 Å². The van der Waals surface area contributed by atoms with Gasteiger partial charge in [-0.25, -0.2) is 0 Å². The molecule has 0 aromatic heterocycles. The van der Waals surface area contributed by atoms with Crippen molar-refractivity contribution < 1.29 is 9.47 Å². The Morgan fingerprint density at radius 3 is 2.38 bits per heavy atom. The topological polar surface area (TPSA) is 58.1 Å². The van der Waals surface area contributed by atoms with Crippen LogP contribution in [-0.2, 0) is 6.54 Å². The number of hydrogen-bond acceptors (Lipinski definition) is 4. The third-order valence-electron chi connectivity index (χ3n) is 4.12. The first-order valence-corrected chi connectivity index (χ1v) is 9.58.